The summed E-state index contributed by atoms with van der Waals surface area (Å²) < 4.78 is 1.27. The monoisotopic (exact) mass is 472 g/mol. The molecule has 1 fully saturated rings. The number of carbonyl (C=O) groups is 2. The normalized spacial score (nSPS) is 14.8. The van der Waals surface area contributed by atoms with Crippen LogP contribution in [0.25, 0.3) is 11.0 Å². The lowest BCUT2D eigenvalue weighted by molar-refractivity contribution is -0.142. The number of amides is 2. The number of carbonyl (C=O) groups excluding carboxylic acids is 2. The highest BCUT2D eigenvalue weighted by molar-refractivity contribution is 6.35. The van der Waals surface area contributed by atoms with E-state index in [4.69, 9.17) is 23.2 Å². The Hall–Kier alpha value is -2.90. The van der Waals surface area contributed by atoms with Crippen molar-refractivity contribution in [2.45, 2.75) is 26.9 Å². The smallest absolute Gasteiger partial charge is 0.265 e. The molecule has 1 aliphatic rings. The van der Waals surface area contributed by atoms with Crippen molar-refractivity contribution in [3.05, 3.63) is 74.1 Å². The Balaban J connectivity index is 1.62. The number of nitrogens with one attached hydrogen (secondary N) is 1. The van der Waals surface area contributed by atoms with Crippen LogP contribution in [0.1, 0.15) is 29.8 Å². The first-order valence-corrected chi connectivity index (χ1v) is 10.9. The third kappa shape index (κ3) is 4.49. The van der Waals surface area contributed by atoms with E-state index in [1.54, 1.807) is 41.4 Å². The summed E-state index contributed by atoms with van der Waals surface area (Å²) in [6.07, 6.45) is 1.55. The van der Waals surface area contributed by atoms with Crippen LogP contribution < -0.4 is 10.9 Å². The standard InChI is InChI=1S/C23H22Cl2N4O3/c1-23(2)12-28(13-23)19(30)11-29-20-14(4-3-7-26-20)8-17(22(29)32)21(31)27-10-15-5-6-16(24)9-18(15)25/h3-9H,10-13H2,1-2H3,(H,27,31). The second-order valence-corrected chi connectivity index (χ2v) is 9.54. The summed E-state index contributed by atoms with van der Waals surface area (Å²) in [7, 11) is 0. The van der Waals surface area contributed by atoms with E-state index in [-0.39, 0.29) is 30.0 Å². The maximum absolute atomic E-state index is 13.2. The van der Waals surface area contributed by atoms with Gasteiger partial charge in [0.15, 0.2) is 0 Å². The van der Waals surface area contributed by atoms with E-state index in [9.17, 15) is 14.4 Å². The van der Waals surface area contributed by atoms with Gasteiger partial charge >= 0.3 is 0 Å². The number of likely N-dealkylation sites (tertiary alicyclic amines) is 1. The van der Waals surface area contributed by atoms with Crippen LogP contribution in [0.3, 0.4) is 0 Å². The highest BCUT2D eigenvalue weighted by atomic mass is 35.5. The van der Waals surface area contributed by atoms with Gasteiger partial charge in [-0.15, -0.1) is 0 Å². The first kappa shape index (κ1) is 22.3. The molecule has 32 heavy (non-hydrogen) atoms. The Kier molecular flexibility index (Phi) is 5.97. The summed E-state index contributed by atoms with van der Waals surface area (Å²) in [4.78, 5) is 44.8. The van der Waals surface area contributed by atoms with Gasteiger partial charge in [-0.1, -0.05) is 43.1 Å². The maximum atomic E-state index is 13.2. The summed E-state index contributed by atoms with van der Waals surface area (Å²) in [5, 5.41) is 4.23. The predicted octanol–water partition coefficient (Wildman–Crippen LogP) is 3.50. The van der Waals surface area contributed by atoms with Gasteiger partial charge in [-0.3, -0.25) is 19.0 Å². The van der Waals surface area contributed by atoms with E-state index in [2.05, 4.69) is 24.1 Å². The molecule has 7 nitrogen and oxygen atoms in total. The van der Waals surface area contributed by atoms with Crippen molar-refractivity contribution in [3.8, 4) is 0 Å². The van der Waals surface area contributed by atoms with Crippen molar-refractivity contribution in [1.29, 1.82) is 0 Å². The molecule has 0 atom stereocenters. The van der Waals surface area contributed by atoms with E-state index in [0.717, 1.165) is 0 Å². The molecule has 0 unspecified atom stereocenters. The van der Waals surface area contributed by atoms with Gasteiger partial charge in [0, 0.05) is 41.3 Å². The number of halogens is 2. The van der Waals surface area contributed by atoms with Crippen LogP contribution in [0, 0.1) is 5.41 Å². The number of benzene rings is 1. The Morgan fingerprint density at radius 2 is 1.91 bits per heavy atom. The minimum absolute atomic E-state index is 0.0627. The zero-order chi connectivity index (χ0) is 23.0. The number of nitrogens with zero attached hydrogens (tertiary/aromatic N) is 3. The molecular weight excluding hydrogens is 451 g/mol. The quantitative estimate of drug-likeness (QED) is 0.615. The summed E-state index contributed by atoms with van der Waals surface area (Å²) in [5.41, 5.74) is 0.480. The van der Waals surface area contributed by atoms with Crippen LogP contribution in [0.5, 0.6) is 0 Å². The van der Waals surface area contributed by atoms with Crippen molar-refractivity contribution >= 4 is 46.0 Å². The van der Waals surface area contributed by atoms with Gasteiger partial charge in [0.1, 0.15) is 17.8 Å². The molecule has 1 N–H and O–H groups in total. The van der Waals surface area contributed by atoms with Gasteiger partial charge in [0.05, 0.1) is 0 Å². The third-order valence-corrected chi connectivity index (χ3v) is 6.02. The molecule has 166 valence electrons. The van der Waals surface area contributed by atoms with Crippen molar-refractivity contribution in [3.63, 3.8) is 0 Å². The average molecular weight is 473 g/mol. The maximum Gasteiger partial charge on any atom is 0.265 e. The molecule has 1 aliphatic heterocycles. The number of hydrogen-bond donors (Lipinski definition) is 1. The number of fused-ring (bicyclic) bond motifs is 1. The minimum atomic E-state index is -0.566. The molecule has 4 rings (SSSR count). The molecular formula is C23H22Cl2N4O3. The van der Waals surface area contributed by atoms with Gasteiger partial charge in [0.25, 0.3) is 11.5 Å². The molecule has 2 amide bonds. The van der Waals surface area contributed by atoms with Crippen molar-refractivity contribution in [2.75, 3.05) is 13.1 Å². The highest BCUT2D eigenvalue weighted by Crippen LogP contribution is 2.28. The zero-order valence-electron chi connectivity index (χ0n) is 17.7. The van der Waals surface area contributed by atoms with Crippen LogP contribution in [0.2, 0.25) is 10.0 Å². The second-order valence-electron chi connectivity index (χ2n) is 8.70. The van der Waals surface area contributed by atoms with Crippen LogP contribution >= 0.6 is 23.2 Å². The summed E-state index contributed by atoms with van der Waals surface area (Å²) in [5.74, 6) is -0.734. The first-order valence-electron chi connectivity index (χ1n) is 10.1. The first-order chi connectivity index (χ1) is 15.1. The van der Waals surface area contributed by atoms with Crippen LogP contribution in [-0.2, 0) is 17.9 Å². The number of pyridine rings is 2. The van der Waals surface area contributed by atoms with Crippen LogP contribution in [-0.4, -0.2) is 39.4 Å². The summed E-state index contributed by atoms with van der Waals surface area (Å²) in [6, 6.07) is 9.93. The van der Waals surface area contributed by atoms with E-state index in [1.165, 1.54) is 10.6 Å². The Labute approximate surface area is 194 Å². The van der Waals surface area contributed by atoms with Gasteiger partial charge < -0.3 is 10.2 Å². The van der Waals surface area contributed by atoms with Gasteiger partial charge in [-0.2, -0.15) is 0 Å². The minimum Gasteiger partial charge on any atom is -0.348 e. The van der Waals surface area contributed by atoms with Crippen LogP contribution in [0.4, 0.5) is 0 Å². The van der Waals surface area contributed by atoms with E-state index < -0.39 is 11.5 Å². The fourth-order valence-electron chi connectivity index (χ4n) is 3.85. The summed E-state index contributed by atoms with van der Waals surface area (Å²) in [6.45, 7) is 5.38. The average Bonchev–Trinajstić information content (AvgIpc) is 2.72. The molecule has 0 bridgehead atoms. The van der Waals surface area contributed by atoms with Crippen molar-refractivity contribution < 1.29 is 9.59 Å². The molecule has 1 aromatic carbocycles. The predicted molar refractivity (Wildman–Crippen MR) is 124 cm³/mol. The number of hydrogen-bond acceptors (Lipinski definition) is 4. The highest BCUT2D eigenvalue weighted by Gasteiger charge is 2.37. The Morgan fingerprint density at radius 3 is 2.59 bits per heavy atom. The largest absolute Gasteiger partial charge is 0.348 e. The fourth-order valence-corrected chi connectivity index (χ4v) is 4.33. The summed E-state index contributed by atoms with van der Waals surface area (Å²) >= 11 is 12.1. The zero-order valence-corrected chi connectivity index (χ0v) is 19.2. The molecule has 0 aliphatic carbocycles. The lowest BCUT2D eigenvalue weighted by Gasteiger charge is -2.45. The Bertz CT molecular complexity index is 1280. The van der Waals surface area contributed by atoms with Gasteiger partial charge in [0.2, 0.25) is 5.91 Å². The lowest BCUT2D eigenvalue weighted by atomic mass is 9.84. The molecule has 0 saturated carbocycles. The van der Waals surface area contributed by atoms with Crippen molar-refractivity contribution in [2.24, 2.45) is 5.41 Å². The molecule has 0 radical (unpaired) electrons. The van der Waals surface area contributed by atoms with Crippen molar-refractivity contribution in [1.82, 2.24) is 19.8 Å². The molecule has 9 heteroatoms. The fraction of sp³-hybridized carbons (Fsp3) is 0.304. The molecule has 0 spiro atoms. The molecule has 2 aromatic heterocycles. The Morgan fingerprint density at radius 1 is 1.16 bits per heavy atom. The second kappa shape index (κ2) is 8.56. The number of aromatic nitrogens is 2. The van der Waals surface area contributed by atoms with Gasteiger partial charge in [-0.05, 0) is 41.3 Å². The number of rotatable bonds is 5. The lowest BCUT2D eigenvalue weighted by Crippen LogP contribution is -2.56. The molecule has 1 saturated heterocycles. The molecule has 3 heterocycles. The molecule has 3 aromatic rings. The third-order valence-electron chi connectivity index (χ3n) is 5.43. The van der Waals surface area contributed by atoms with E-state index in [0.29, 0.717) is 39.7 Å². The van der Waals surface area contributed by atoms with Crippen LogP contribution in [0.15, 0.2) is 47.4 Å². The van der Waals surface area contributed by atoms with E-state index in [1.807, 2.05) is 0 Å². The van der Waals surface area contributed by atoms with E-state index >= 15 is 0 Å². The topological polar surface area (TPSA) is 84.3 Å². The SMILES string of the molecule is CC1(C)CN(C(=O)Cn2c(=O)c(C(=O)NCc3ccc(Cl)cc3Cl)cc3cccnc32)C1. The van der Waals surface area contributed by atoms with Gasteiger partial charge in [-0.25, -0.2) is 4.98 Å².